The summed E-state index contributed by atoms with van der Waals surface area (Å²) < 4.78 is 6.67. The summed E-state index contributed by atoms with van der Waals surface area (Å²) in [5, 5.41) is 24.7. The van der Waals surface area contributed by atoms with Crippen molar-refractivity contribution >= 4 is 45.9 Å². The van der Waals surface area contributed by atoms with Crippen molar-refractivity contribution in [3.63, 3.8) is 0 Å². The molecule has 0 radical (unpaired) electrons. The van der Waals surface area contributed by atoms with Crippen LogP contribution in [0.4, 0.5) is 5.88 Å². The first kappa shape index (κ1) is 15.5. The molecule has 4 aromatic rings. The van der Waals surface area contributed by atoms with Crippen LogP contribution in [0.3, 0.4) is 0 Å². The van der Waals surface area contributed by atoms with Gasteiger partial charge in [0.25, 0.3) is 0 Å². The van der Waals surface area contributed by atoms with Crippen LogP contribution >= 0.6 is 22.9 Å². The first-order chi connectivity index (χ1) is 12.1. The number of furan rings is 1. The van der Waals surface area contributed by atoms with E-state index in [1.165, 1.54) is 23.5 Å². The van der Waals surface area contributed by atoms with Crippen LogP contribution < -0.4 is 0 Å². The molecule has 0 N–H and O–H groups in total. The summed E-state index contributed by atoms with van der Waals surface area (Å²) in [5.41, 5.74) is 0.927. The largest absolute Gasteiger partial charge is 0.433 e. The van der Waals surface area contributed by atoms with Crippen LogP contribution in [0.15, 0.2) is 40.8 Å². The number of halogens is 1. The summed E-state index contributed by atoms with van der Waals surface area (Å²) in [6, 6.07) is 10.2. The molecule has 0 bridgehead atoms. The zero-order chi connectivity index (χ0) is 17.4. The molecule has 0 amide bonds. The maximum atomic E-state index is 10.6. The normalized spacial score (nSPS) is 11.6. The Bertz CT molecular complexity index is 1100. The van der Waals surface area contributed by atoms with Gasteiger partial charge in [-0.1, -0.05) is 35.1 Å². The minimum atomic E-state index is -0.592. The maximum absolute atomic E-state index is 10.6. The van der Waals surface area contributed by atoms with Gasteiger partial charge in [-0.05, 0) is 30.4 Å². The third-order valence-corrected chi connectivity index (χ3v) is 4.50. The van der Waals surface area contributed by atoms with Crippen molar-refractivity contribution in [2.45, 2.75) is 0 Å². The van der Waals surface area contributed by atoms with E-state index in [0.29, 0.717) is 21.6 Å². The van der Waals surface area contributed by atoms with Gasteiger partial charge in [0.15, 0.2) is 5.82 Å². The predicted molar refractivity (Wildman–Crippen MR) is 93.4 cm³/mol. The Balaban J connectivity index is 1.65. The van der Waals surface area contributed by atoms with Gasteiger partial charge in [0.05, 0.1) is 6.07 Å². The fraction of sp³-hybridized carbons (Fsp3) is 0. The van der Waals surface area contributed by atoms with E-state index >= 15 is 0 Å². The SMILES string of the molecule is O=[N+]([O-])c1ccc(/C=C/c2nnc3sc(-c4ccc(Cl)cc4)nn23)o1. The van der Waals surface area contributed by atoms with Crippen LogP contribution in [0.1, 0.15) is 11.6 Å². The van der Waals surface area contributed by atoms with Crippen molar-refractivity contribution in [1.29, 1.82) is 0 Å². The summed E-state index contributed by atoms with van der Waals surface area (Å²) in [7, 11) is 0. The number of nitro groups is 1. The van der Waals surface area contributed by atoms with E-state index in [0.717, 1.165) is 10.6 Å². The van der Waals surface area contributed by atoms with Gasteiger partial charge in [0.1, 0.15) is 15.7 Å². The lowest BCUT2D eigenvalue weighted by Gasteiger charge is -1.94. The smallest absolute Gasteiger partial charge is 0.401 e. The fourth-order valence-corrected chi connectivity index (χ4v) is 3.11. The van der Waals surface area contributed by atoms with Gasteiger partial charge in [-0.3, -0.25) is 10.1 Å². The van der Waals surface area contributed by atoms with E-state index in [9.17, 15) is 10.1 Å². The monoisotopic (exact) mass is 373 g/mol. The summed E-state index contributed by atoms with van der Waals surface area (Å²) in [5.74, 6) is 0.520. The molecule has 0 spiro atoms. The van der Waals surface area contributed by atoms with Gasteiger partial charge in [-0.25, -0.2) is 0 Å². The number of benzene rings is 1. The molecule has 0 atom stereocenters. The summed E-state index contributed by atoms with van der Waals surface area (Å²) in [6.07, 6.45) is 3.21. The summed E-state index contributed by atoms with van der Waals surface area (Å²) in [6.45, 7) is 0. The number of aromatic nitrogens is 4. The van der Waals surface area contributed by atoms with Crippen LogP contribution in [0, 0.1) is 10.1 Å². The van der Waals surface area contributed by atoms with Gasteiger partial charge < -0.3 is 4.42 Å². The molecular formula is C15H8ClN5O3S. The lowest BCUT2D eigenvalue weighted by atomic mass is 10.2. The Morgan fingerprint density at radius 3 is 2.68 bits per heavy atom. The van der Waals surface area contributed by atoms with E-state index in [1.54, 1.807) is 28.8 Å². The molecule has 10 heteroatoms. The number of nitrogens with zero attached hydrogens (tertiary/aromatic N) is 5. The third kappa shape index (κ3) is 3.02. The molecular weight excluding hydrogens is 366 g/mol. The standard InChI is InChI=1S/C15H8ClN5O3S/c16-10-3-1-9(2-4-10)14-19-20-12(17-18-15(20)25-14)7-5-11-6-8-13(24-11)21(22)23/h1-8H/b7-5+. The number of rotatable bonds is 4. The first-order valence-corrected chi connectivity index (χ1v) is 8.20. The number of hydrogen-bond acceptors (Lipinski definition) is 7. The molecule has 0 aliphatic rings. The fourth-order valence-electron chi connectivity index (χ4n) is 2.13. The highest BCUT2D eigenvalue weighted by atomic mass is 35.5. The molecule has 124 valence electrons. The minimum absolute atomic E-state index is 0.315. The molecule has 8 nitrogen and oxygen atoms in total. The van der Waals surface area contributed by atoms with Crippen LogP contribution in [0.2, 0.25) is 5.02 Å². The van der Waals surface area contributed by atoms with Gasteiger partial charge in [0, 0.05) is 10.6 Å². The Hall–Kier alpha value is -3.04. The van der Waals surface area contributed by atoms with Gasteiger partial charge >= 0.3 is 5.88 Å². The van der Waals surface area contributed by atoms with Crippen molar-refractivity contribution in [1.82, 2.24) is 19.8 Å². The zero-order valence-electron chi connectivity index (χ0n) is 12.4. The summed E-state index contributed by atoms with van der Waals surface area (Å²) in [4.78, 5) is 10.7. The van der Waals surface area contributed by atoms with Crippen LogP contribution in [0.5, 0.6) is 0 Å². The predicted octanol–water partition coefficient (Wildman–Crippen LogP) is 4.18. The average Bonchev–Trinajstić information content (AvgIpc) is 3.29. The highest BCUT2D eigenvalue weighted by Crippen LogP contribution is 2.27. The summed E-state index contributed by atoms with van der Waals surface area (Å²) >= 11 is 7.29. The molecule has 0 unspecified atom stereocenters. The second kappa shape index (κ2) is 6.11. The van der Waals surface area contributed by atoms with Crippen molar-refractivity contribution in [2.24, 2.45) is 0 Å². The zero-order valence-corrected chi connectivity index (χ0v) is 13.9. The van der Waals surface area contributed by atoms with E-state index in [2.05, 4.69) is 15.3 Å². The number of hydrogen-bond donors (Lipinski definition) is 0. The van der Waals surface area contributed by atoms with Gasteiger partial charge in [-0.15, -0.1) is 10.2 Å². The van der Waals surface area contributed by atoms with Crippen LogP contribution in [0.25, 0.3) is 27.7 Å². The van der Waals surface area contributed by atoms with Crippen molar-refractivity contribution in [2.75, 3.05) is 0 Å². The van der Waals surface area contributed by atoms with Crippen LogP contribution in [-0.2, 0) is 0 Å². The second-order valence-corrected chi connectivity index (χ2v) is 6.33. The molecule has 3 heterocycles. The Morgan fingerprint density at radius 2 is 1.96 bits per heavy atom. The molecule has 25 heavy (non-hydrogen) atoms. The quantitative estimate of drug-likeness (QED) is 0.393. The van der Waals surface area contributed by atoms with E-state index in [1.807, 2.05) is 12.1 Å². The molecule has 0 saturated heterocycles. The molecule has 0 saturated carbocycles. The van der Waals surface area contributed by atoms with Crippen molar-refractivity contribution in [3.8, 4) is 10.6 Å². The molecule has 0 aliphatic carbocycles. The Labute approximate surface area is 149 Å². The minimum Gasteiger partial charge on any atom is -0.401 e. The number of fused-ring (bicyclic) bond motifs is 1. The molecule has 0 fully saturated rings. The topological polar surface area (TPSA) is 99.4 Å². The molecule has 1 aromatic carbocycles. The lowest BCUT2D eigenvalue weighted by molar-refractivity contribution is -0.402. The Kier molecular flexibility index (Phi) is 3.79. The molecule has 0 aliphatic heterocycles. The van der Waals surface area contributed by atoms with E-state index < -0.39 is 4.92 Å². The van der Waals surface area contributed by atoms with Crippen molar-refractivity contribution in [3.05, 3.63) is 63.1 Å². The molecule has 3 aromatic heterocycles. The average molecular weight is 374 g/mol. The highest BCUT2D eigenvalue weighted by molar-refractivity contribution is 7.19. The van der Waals surface area contributed by atoms with Gasteiger partial charge in [-0.2, -0.15) is 9.61 Å². The first-order valence-electron chi connectivity index (χ1n) is 7.01. The van der Waals surface area contributed by atoms with Gasteiger partial charge in [0.2, 0.25) is 4.96 Å². The van der Waals surface area contributed by atoms with E-state index in [4.69, 9.17) is 16.0 Å². The third-order valence-electron chi connectivity index (χ3n) is 3.30. The van der Waals surface area contributed by atoms with Crippen LogP contribution in [-0.4, -0.2) is 24.7 Å². The van der Waals surface area contributed by atoms with Crippen molar-refractivity contribution < 1.29 is 9.34 Å². The van der Waals surface area contributed by atoms with E-state index in [-0.39, 0.29) is 5.88 Å². The Morgan fingerprint density at radius 1 is 1.16 bits per heavy atom. The second-order valence-electron chi connectivity index (χ2n) is 4.93. The maximum Gasteiger partial charge on any atom is 0.433 e. The molecule has 4 rings (SSSR count). The lowest BCUT2D eigenvalue weighted by Crippen LogP contribution is -1.89. The highest BCUT2D eigenvalue weighted by Gasteiger charge is 2.13.